The standard InChI is InChI=1S/C17H24N4O3S/c1-12(2)21-13(3)18-15-11-14(5-6-16(15)21)17(22)19-7-9-20(10-8-19)25(4,23)24/h5-6,11-12H,7-10H2,1-4H3. The number of piperazine rings is 1. The maximum absolute atomic E-state index is 12.7. The van der Waals surface area contributed by atoms with Crippen molar-refractivity contribution < 1.29 is 13.2 Å². The molecule has 0 N–H and O–H groups in total. The number of carbonyl (C=O) groups is 1. The van der Waals surface area contributed by atoms with Crippen molar-refractivity contribution in [2.45, 2.75) is 26.8 Å². The van der Waals surface area contributed by atoms with Crippen LogP contribution in [-0.4, -0.2) is 65.5 Å². The first kappa shape index (κ1) is 17.9. The van der Waals surface area contributed by atoms with Gasteiger partial charge in [0, 0.05) is 37.8 Å². The number of imidazole rings is 1. The van der Waals surface area contributed by atoms with Crippen molar-refractivity contribution in [1.29, 1.82) is 0 Å². The number of aromatic nitrogens is 2. The first-order valence-electron chi connectivity index (χ1n) is 8.41. The second kappa shape index (κ2) is 6.42. The van der Waals surface area contributed by atoms with E-state index in [9.17, 15) is 13.2 Å². The number of aryl methyl sites for hydroxylation is 1. The van der Waals surface area contributed by atoms with Crippen LogP contribution in [0.4, 0.5) is 0 Å². The summed E-state index contributed by atoms with van der Waals surface area (Å²) in [6, 6.07) is 5.89. The summed E-state index contributed by atoms with van der Waals surface area (Å²) in [6.45, 7) is 7.67. The minimum absolute atomic E-state index is 0.0770. The molecule has 1 saturated heterocycles. The summed E-state index contributed by atoms with van der Waals surface area (Å²) in [4.78, 5) is 19.0. The molecule has 2 heterocycles. The van der Waals surface area contributed by atoms with Crippen LogP contribution in [0.15, 0.2) is 18.2 Å². The molecule has 0 bridgehead atoms. The first-order chi connectivity index (χ1) is 11.7. The van der Waals surface area contributed by atoms with Gasteiger partial charge in [0.05, 0.1) is 17.3 Å². The van der Waals surface area contributed by atoms with Gasteiger partial charge in [-0.15, -0.1) is 0 Å². The molecule has 1 aromatic carbocycles. The Labute approximate surface area is 148 Å². The fraction of sp³-hybridized carbons (Fsp3) is 0.529. The summed E-state index contributed by atoms with van der Waals surface area (Å²) in [7, 11) is -3.20. The maximum atomic E-state index is 12.7. The summed E-state index contributed by atoms with van der Waals surface area (Å²) in [5.41, 5.74) is 2.42. The Hall–Kier alpha value is -1.93. The molecule has 1 aliphatic heterocycles. The van der Waals surface area contributed by atoms with Crippen molar-refractivity contribution in [1.82, 2.24) is 18.8 Å². The molecule has 8 heteroatoms. The molecule has 3 rings (SSSR count). The van der Waals surface area contributed by atoms with Crippen LogP contribution in [-0.2, 0) is 10.0 Å². The Morgan fingerprint density at radius 1 is 1.16 bits per heavy atom. The van der Waals surface area contributed by atoms with Crippen molar-refractivity contribution >= 4 is 27.0 Å². The molecule has 0 unspecified atom stereocenters. The van der Waals surface area contributed by atoms with Crippen LogP contribution in [0.2, 0.25) is 0 Å². The van der Waals surface area contributed by atoms with Gasteiger partial charge in [-0.05, 0) is 39.0 Å². The molecule has 0 saturated carbocycles. The summed E-state index contributed by atoms with van der Waals surface area (Å²) in [5, 5.41) is 0. The predicted molar refractivity (Wildman–Crippen MR) is 97.2 cm³/mol. The minimum Gasteiger partial charge on any atom is -0.336 e. The molecule has 0 aliphatic carbocycles. The number of nitrogens with zero attached hydrogens (tertiary/aromatic N) is 4. The lowest BCUT2D eigenvalue weighted by Crippen LogP contribution is -2.50. The largest absolute Gasteiger partial charge is 0.336 e. The fourth-order valence-electron chi connectivity index (χ4n) is 3.41. The number of amides is 1. The zero-order valence-electron chi connectivity index (χ0n) is 15.1. The molecule has 7 nitrogen and oxygen atoms in total. The predicted octanol–water partition coefficient (Wildman–Crippen LogP) is 1.64. The average molecular weight is 364 g/mol. The van der Waals surface area contributed by atoms with Crippen LogP contribution in [0.3, 0.4) is 0 Å². The van der Waals surface area contributed by atoms with Crippen LogP contribution in [0.5, 0.6) is 0 Å². The number of carbonyl (C=O) groups excluding carboxylic acids is 1. The molecule has 1 aromatic heterocycles. The van der Waals surface area contributed by atoms with Crippen molar-refractivity contribution in [3.05, 3.63) is 29.6 Å². The first-order valence-corrected chi connectivity index (χ1v) is 10.3. The number of sulfonamides is 1. The quantitative estimate of drug-likeness (QED) is 0.830. The van der Waals surface area contributed by atoms with Crippen molar-refractivity contribution in [2.24, 2.45) is 0 Å². The second-order valence-corrected chi connectivity index (χ2v) is 8.76. The Balaban J connectivity index is 1.82. The van der Waals surface area contributed by atoms with E-state index in [-0.39, 0.29) is 5.91 Å². The molecular weight excluding hydrogens is 340 g/mol. The Morgan fingerprint density at radius 2 is 1.80 bits per heavy atom. The highest BCUT2D eigenvalue weighted by Gasteiger charge is 2.27. The summed E-state index contributed by atoms with van der Waals surface area (Å²) >= 11 is 0. The summed E-state index contributed by atoms with van der Waals surface area (Å²) in [5.74, 6) is 0.850. The third-order valence-corrected chi connectivity index (χ3v) is 5.93. The van der Waals surface area contributed by atoms with Gasteiger partial charge in [-0.2, -0.15) is 4.31 Å². The molecule has 1 fully saturated rings. The lowest BCUT2D eigenvalue weighted by Gasteiger charge is -2.33. The highest BCUT2D eigenvalue weighted by Crippen LogP contribution is 2.22. The van der Waals surface area contributed by atoms with E-state index in [4.69, 9.17) is 0 Å². The summed E-state index contributed by atoms with van der Waals surface area (Å²) < 4.78 is 26.7. The van der Waals surface area contributed by atoms with Gasteiger partial charge in [0.2, 0.25) is 10.0 Å². The van der Waals surface area contributed by atoms with Gasteiger partial charge < -0.3 is 9.47 Å². The van der Waals surface area contributed by atoms with Crippen LogP contribution >= 0.6 is 0 Å². The molecular formula is C17H24N4O3S. The number of rotatable bonds is 3. The highest BCUT2D eigenvalue weighted by molar-refractivity contribution is 7.88. The van der Waals surface area contributed by atoms with E-state index in [1.54, 1.807) is 4.90 Å². The van der Waals surface area contributed by atoms with Gasteiger partial charge in [0.25, 0.3) is 5.91 Å². The van der Waals surface area contributed by atoms with Gasteiger partial charge in [-0.1, -0.05) is 0 Å². The zero-order chi connectivity index (χ0) is 18.4. The van der Waals surface area contributed by atoms with Gasteiger partial charge in [0.1, 0.15) is 5.82 Å². The SMILES string of the molecule is Cc1nc2cc(C(=O)N3CCN(S(C)(=O)=O)CC3)ccc2n1C(C)C. The van der Waals surface area contributed by atoms with E-state index in [2.05, 4.69) is 23.4 Å². The molecule has 1 amide bonds. The van der Waals surface area contributed by atoms with E-state index >= 15 is 0 Å². The Bertz CT molecular complexity index is 909. The van der Waals surface area contributed by atoms with Gasteiger partial charge >= 0.3 is 0 Å². The van der Waals surface area contributed by atoms with Gasteiger partial charge in [-0.25, -0.2) is 13.4 Å². The smallest absolute Gasteiger partial charge is 0.254 e. The average Bonchev–Trinajstić information content (AvgIpc) is 2.88. The topological polar surface area (TPSA) is 75.5 Å². The molecule has 2 aromatic rings. The van der Waals surface area contributed by atoms with Crippen LogP contribution in [0, 0.1) is 6.92 Å². The molecule has 25 heavy (non-hydrogen) atoms. The fourth-order valence-corrected chi connectivity index (χ4v) is 4.24. The highest BCUT2D eigenvalue weighted by atomic mass is 32.2. The monoisotopic (exact) mass is 364 g/mol. The Morgan fingerprint density at radius 3 is 2.36 bits per heavy atom. The summed E-state index contributed by atoms with van der Waals surface area (Å²) in [6.07, 6.45) is 1.20. The van der Waals surface area contributed by atoms with Gasteiger partial charge in [0.15, 0.2) is 0 Å². The third kappa shape index (κ3) is 3.41. The van der Waals surface area contributed by atoms with Crippen molar-refractivity contribution in [2.75, 3.05) is 32.4 Å². The molecule has 0 radical (unpaired) electrons. The van der Waals surface area contributed by atoms with E-state index in [1.165, 1.54) is 10.6 Å². The van der Waals surface area contributed by atoms with Gasteiger partial charge in [-0.3, -0.25) is 4.79 Å². The van der Waals surface area contributed by atoms with Crippen LogP contribution in [0.1, 0.15) is 36.1 Å². The maximum Gasteiger partial charge on any atom is 0.254 e. The number of benzene rings is 1. The van der Waals surface area contributed by atoms with E-state index in [0.29, 0.717) is 37.8 Å². The zero-order valence-corrected chi connectivity index (χ0v) is 15.9. The van der Waals surface area contributed by atoms with E-state index in [1.807, 2.05) is 25.1 Å². The third-order valence-electron chi connectivity index (χ3n) is 4.62. The van der Waals surface area contributed by atoms with E-state index in [0.717, 1.165) is 16.9 Å². The lowest BCUT2D eigenvalue weighted by molar-refractivity contribution is 0.0698. The second-order valence-electron chi connectivity index (χ2n) is 6.78. The minimum atomic E-state index is -3.20. The number of fused-ring (bicyclic) bond motifs is 1. The molecule has 136 valence electrons. The number of hydrogen-bond donors (Lipinski definition) is 0. The lowest BCUT2D eigenvalue weighted by atomic mass is 10.1. The molecule has 1 aliphatic rings. The Kier molecular flexibility index (Phi) is 4.59. The normalized spacial score (nSPS) is 16.8. The van der Waals surface area contributed by atoms with Crippen molar-refractivity contribution in [3.8, 4) is 0 Å². The van der Waals surface area contributed by atoms with E-state index < -0.39 is 10.0 Å². The number of hydrogen-bond acceptors (Lipinski definition) is 4. The van der Waals surface area contributed by atoms with Crippen LogP contribution in [0.25, 0.3) is 11.0 Å². The molecule has 0 spiro atoms. The van der Waals surface area contributed by atoms with Crippen LogP contribution < -0.4 is 0 Å². The van der Waals surface area contributed by atoms with Crippen molar-refractivity contribution in [3.63, 3.8) is 0 Å². The molecule has 0 atom stereocenters.